The molecular formula is C27H29N3O4S. The molecule has 3 aromatic carbocycles. The van der Waals surface area contributed by atoms with Gasteiger partial charge in [0.2, 0.25) is 10.0 Å². The molecule has 1 aliphatic heterocycles. The van der Waals surface area contributed by atoms with Gasteiger partial charge >= 0.3 is 0 Å². The number of rotatable bonds is 7. The van der Waals surface area contributed by atoms with Gasteiger partial charge in [-0.2, -0.15) is 4.31 Å². The molecule has 2 N–H and O–H groups in total. The van der Waals surface area contributed by atoms with Gasteiger partial charge in [0, 0.05) is 35.1 Å². The van der Waals surface area contributed by atoms with Crippen molar-refractivity contribution in [3.63, 3.8) is 0 Å². The normalized spacial score (nSPS) is 16.4. The van der Waals surface area contributed by atoms with Crippen LogP contribution in [0.5, 0.6) is 0 Å². The molecule has 7 nitrogen and oxygen atoms in total. The number of hydrogen-bond acceptors (Lipinski definition) is 4. The fourth-order valence-electron chi connectivity index (χ4n) is 4.24. The Labute approximate surface area is 206 Å². The van der Waals surface area contributed by atoms with E-state index >= 15 is 0 Å². The molecule has 1 fully saturated rings. The summed E-state index contributed by atoms with van der Waals surface area (Å²) in [5, 5.41) is 5.58. The molecular weight excluding hydrogens is 462 g/mol. The maximum Gasteiger partial charge on any atom is 0.255 e. The van der Waals surface area contributed by atoms with Crippen LogP contribution in [-0.2, 0) is 10.0 Å². The van der Waals surface area contributed by atoms with Gasteiger partial charge in [0.25, 0.3) is 11.8 Å². The second kappa shape index (κ2) is 10.8. The summed E-state index contributed by atoms with van der Waals surface area (Å²) in [5.41, 5.74) is 2.04. The largest absolute Gasteiger partial charge is 0.322 e. The summed E-state index contributed by atoms with van der Waals surface area (Å²) in [6, 6.07) is 21.7. The van der Waals surface area contributed by atoms with Crippen LogP contribution in [-0.4, -0.2) is 37.1 Å². The molecule has 2 amide bonds. The lowest BCUT2D eigenvalue weighted by atomic mass is 10.0. The lowest BCUT2D eigenvalue weighted by Crippen LogP contribution is -2.43. The van der Waals surface area contributed by atoms with Crippen LogP contribution in [0.25, 0.3) is 0 Å². The first kappa shape index (κ1) is 24.6. The molecule has 1 atom stereocenters. The van der Waals surface area contributed by atoms with Gasteiger partial charge in [0.15, 0.2) is 0 Å². The number of benzene rings is 3. The van der Waals surface area contributed by atoms with Crippen molar-refractivity contribution < 1.29 is 18.0 Å². The average Bonchev–Trinajstić information content (AvgIpc) is 2.90. The quantitative estimate of drug-likeness (QED) is 0.478. The van der Waals surface area contributed by atoms with Gasteiger partial charge in [-0.25, -0.2) is 8.42 Å². The molecule has 1 unspecified atom stereocenters. The minimum absolute atomic E-state index is 0.0357. The molecule has 0 aromatic heterocycles. The van der Waals surface area contributed by atoms with E-state index in [1.807, 2.05) is 13.0 Å². The van der Waals surface area contributed by atoms with E-state index < -0.39 is 10.0 Å². The summed E-state index contributed by atoms with van der Waals surface area (Å²) < 4.78 is 27.9. The zero-order valence-corrected chi connectivity index (χ0v) is 20.4. The summed E-state index contributed by atoms with van der Waals surface area (Å²) >= 11 is 0. The van der Waals surface area contributed by atoms with E-state index in [-0.39, 0.29) is 22.8 Å². The number of sulfonamides is 1. The molecule has 0 spiro atoms. The van der Waals surface area contributed by atoms with E-state index in [0.29, 0.717) is 29.0 Å². The molecule has 0 radical (unpaired) electrons. The number of amides is 2. The predicted octanol–water partition coefficient (Wildman–Crippen LogP) is 5.14. The second-order valence-electron chi connectivity index (χ2n) is 8.55. The average molecular weight is 492 g/mol. The zero-order chi connectivity index (χ0) is 24.8. The number of anilines is 2. The Morgan fingerprint density at radius 2 is 1.34 bits per heavy atom. The molecule has 4 rings (SSSR count). The first-order valence-electron chi connectivity index (χ1n) is 11.8. The summed E-state index contributed by atoms with van der Waals surface area (Å²) in [6.45, 7) is 2.56. The van der Waals surface area contributed by atoms with Crippen LogP contribution in [0.15, 0.2) is 83.8 Å². The minimum atomic E-state index is -3.57. The van der Waals surface area contributed by atoms with Crippen molar-refractivity contribution in [2.24, 2.45) is 0 Å². The van der Waals surface area contributed by atoms with E-state index in [2.05, 4.69) is 10.6 Å². The lowest BCUT2D eigenvalue weighted by Gasteiger charge is -2.34. The highest BCUT2D eigenvalue weighted by Crippen LogP contribution is 2.27. The Balaban J connectivity index is 1.39. The second-order valence-corrected chi connectivity index (χ2v) is 10.4. The Bertz CT molecular complexity index is 1270. The highest BCUT2D eigenvalue weighted by molar-refractivity contribution is 7.89. The summed E-state index contributed by atoms with van der Waals surface area (Å²) in [7, 11) is -3.57. The van der Waals surface area contributed by atoms with Crippen molar-refractivity contribution in [2.45, 2.75) is 43.5 Å². The third-order valence-corrected chi connectivity index (χ3v) is 8.17. The van der Waals surface area contributed by atoms with Crippen molar-refractivity contribution in [3.8, 4) is 0 Å². The molecule has 1 aliphatic rings. The Kier molecular flexibility index (Phi) is 7.63. The Morgan fingerprint density at radius 1 is 0.800 bits per heavy atom. The van der Waals surface area contributed by atoms with E-state index in [1.54, 1.807) is 65.0 Å². The molecule has 182 valence electrons. The molecule has 0 saturated carbocycles. The standard InChI is InChI=1S/C27H29N3O4S/c1-2-24-10-6-7-19-30(24)35(33,34)25-17-15-23(16-18-25)29-27(32)21-11-13-22(14-12-21)28-26(31)20-8-4-3-5-9-20/h3-5,8-9,11-18,24H,2,6-7,10,19H2,1H3,(H,28,31)(H,29,32). The maximum absolute atomic E-state index is 13.1. The topological polar surface area (TPSA) is 95.6 Å². The number of hydrogen-bond donors (Lipinski definition) is 2. The Hall–Kier alpha value is -3.49. The van der Waals surface area contributed by atoms with E-state index in [9.17, 15) is 18.0 Å². The number of carbonyl (C=O) groups excluding carboxylic acids is 2. The smallest absolute Gasteiger partial charge is 0.255 e. The van der Waals surface area contributed by atoms with E-state index in [0.717, 1.165) is 25.7 Å². The summed E-state index contributed by atoms with van der Waals surface area (Å²) in [6.07, 6.45) is 3.61. The van der Waals surface area contributed by atoms with Crippen molar-refractivity contribution in [1.82, 2.24) is 4.31 Å². The maximum atomic E-state index is 13.1. The molecule has 3 aromatic rings. The van der Waals surface area contributed by atoms with Crippen LogP contribution >= 0.6 is 0 Å². The van der Waals surface area contributed by atoms with Crippen LogP contribution < -0.4 is 10.6 Å². The number of piperidine rings is 1. The van der Waals surface area contributed by atoms with Gasteiger partial charge < -0.3 is 10.6 Å². The fourth-order valence-corrected chi connectivity index (χ4v) is 6.01. The van der Waals surface area contributed by atoms with Gasteiger partial charge in [0.05, 0.1) is 4.90 Å². The van der Waals surface area contributed by atoms with Crippen LogP contribution in [0.1, 0.15) is 53.3 Å². The first-order chi connectivity index (χ1) is 16.9. The first-order valence-corrected chi connectivity index (χ1v) is 13.2. The number of nitrogens with one attached hydrogen (secondary N) is 2. The molecule has 8 heteroatoms. The van der Waals surface area contributed by atoms with Crippen LogP contribution in [0, 0.1) is 0 Å². The van der Waals surface area contributed by atoms with Crippen molar-refractivity contribution >= 4 is 33.2 Å². The highest BCUT2D eigenvalue weighted by atomic mass is 32.2. The number of carbonyl (C=O) groups is 2. The third-order valence-electron chi connectivity index (χ3n) is 6.20. The molecule has 1 saturated heterocycles. The van der Waals surface area contributed by atoms with Crippen LogP contribution in [0.3, 0.4) is 0 Å². The predicted molar refractivity (Wildman–Crippen MR) is 137 cm³/mol. The van der Waals surface area contributed by atoms with Crippen LogP contribution in [0.4, 0.5) is 11.4 Å². The van der Waals surface area contributed by atoms with Gasteiger partial charge in [-0.1, -0.05) is 31.5 Å². The van der Waals surface area contributed by atoms with Crippen molar-refractivity contribution in [2.75, 3.05) is 17.2 Å². The van der Waals surface area contributed by atoms with Crippen molar-refractivity contribution in [3.05, 3.63) is 90.0 Å². The fraction of sp³-hybridized carbons (Fsp3) is 0.259. The lowest BCUT2D eigenvalue weighted by molar-refractivity contribution is 0.102. The van der Waals surface area contributed by atoms with Crippen LogP contribution in [0.2, 0.25) is 0 Å². The minimum Gasteiger partial charge on any atom is -0.322 e. The Morgan fingerprint density at radius 3 is 1.91 bits per heavy atom. The van der Waals surface area contributed by atoms with Gasteiger partial charge in [0.1, 0.15) is 0 Å². The monoisotopic (exact) mass is 491 g/mol. The third kappa shape index (κ3) is 5.78. The van der Waals surface area contributed by atoms with Gasteiger partial charge in [-0.3, -0.25) is 9.59 Å². The summed E-state index contributed by atoms with van der Waals surface area (Å²) in [4.78, 5) is 25.2. The van der Waals surface area contributed by atoms with E-state index in [1.165, 1.54) is 12.1 Å². The molecule has 35 heavy (non-hydrogen) atoms. The molecule has 0 aliphatic carbocycles. The zero-order valence-electron chi connectivity index (χ0n) is 19.6. The van der Waals surface area contributed by atoms with Crippen molar-refractivity contribution in [1.29, 1.82) is 0 Å². The van der Waals surface area contributed by atoms with Gasteiger partial charge in [-0.15, -0.1) is 0 Å². The summed E-state index contributed by atoms with van der Waals surface area (Å²) in [5.74, 6) is -0.559. The molecule has 0 bridgehead atoms. The van der Waals surface area contributed by atoms with E-state index in [4.69, 9.17) is 0 Å². The number of nitrogens with zero attached hydrogens (tertiary/aromatic N) is 1. The molecule has 1 heterocycles. The SMILES string of the molecule is CCC1CCCCN1S(=O)(=O)c1ccc(NC(=O)c2ccc(NC(=O)c3ccccc3)cc2)cc1. The highest BCUT2D eigenvalue weighted by Gasteiger charge is 2.32. The van der Waals surface area contributed by atoms with Gasteiger partial charge in [-0.05, 0) is 79.9 Å².